The van der Waals surface area contributed by atoms with Crippen LogP contribution in [-0.4, -0.2) is 12.6 Å². The minimum Gasteiger partial charge on any atom is -0.302 e. The van der Waals surface area contributed by atoms with Crippen LogP contribution in [0.3, 0.4) is 0 Å². The summed E-state index contributed by atoms with van der Waals surface area (Å²) in [6, 6.07) is 0.537. The van der Waals surface area contributed by atoms with E-state index >= 15 is 0 Å². The quantitative estimate of drug-likeness (QED) is 0.603. The summed E-state index contributed by atoms with van der Waals surface area (Å²) in [5.74, 6) is 1.76. The van der Waals surface area contributed by atoms with E-state index in [9.17, 15) is 0 Å². The van der Waals surface area contributed by atoms with Crippen molar-refractivity contribution in [2.45, 2.75) is 33.2 Å². The van der Waals surface area contributed by atoms with Crippen LogP contribution in [0.2, 0.25) is 0 Å². The molecule has 1 rings (SSSR count). The molecule has 0 spiro atoms. The van der Waals surface area contributed by atoms with Crippen LogP contribution in [0.4, 0.5) is 0 Å². The van der Waals surface area contributed by atoms with Gasteiger partial charge in [0.15, 0.2) is 0 Å². The van der Waals surface area contributed by atoms with E-state index in [1.807, 2.05) is 6.92 Å². The summed E-state index contributed by atoms with van der Waals surface area (Å²) in [6.45, 7) is 7.22. The molecule has 1 N–H and O–H groups in total. The summed E-state index contributed by atoms with van der Waals surface area (Å²) in [6.07, 6.45) is 1.36. The van der Waals surface area contributed by atoms with Crippen molar-refractivity contribution < 1.29 is 4.84 Å². The maximum absolute atomic E-state index is 5.09. The Morgan fingerprint density at radius 2 is 2.30 bits per heavy atom. The zero-order valence-corrected chi connectivity index (χ0v) is 7.05. The van der Waals surface area contributed by atoms with Crippen LogP contribution in [0.5, 0.6) is 0 Å². The van der Waals surface area contributed by atoms with Crippen molar-refractivity contribution >= 4 is 0 Å². The zero-order valence-electron chi connectivity index (χ0n) is 7.05. The molecule has 60 valence electrons. The average Bonchev–Trinajstić information content (AvgIpc) is 2.62. The maximum atomic E-state index is 5.09. The standard InChI is InChI=1S/C8H17NO/c1-4-10-9-7(3)8-5-6(8)2/h6-9H,4-5H2,1-3H3. The van der Waals surface area contributed by atoms with Gasteiger partial charge in [0.1, 0.15) is 0 Å². The van der Waals surface area contributed by atoms with Crippen molar-refractivity contribution in [1.82, 2.24) is 5.48 Å². The second kappa shape index (κ2) is 3.35. The van der Waals surface area contributed by atoms with Gasteiger partial charge in [-0.05, 0) is 32.1 Å². The minimum atomic E-state index is 0.537. The highest BCUT2D eigenvalue weighted by molar-refractivity contribution is 4.88. The molecule has 0 heterocycles. The molecule has 1 fully saturated rings. The summed E-state index contributed by atoms with van der Waals surface area (Å²) in [7, 11) is 0. The van der Waals surface area contributed by atoms with E-state index in [1.54, 1.807) is 0 Å². The molecule has 0 bridgehead atoms. The first-order valence-corrected chi connectivity index (χ1v) is 4.13. The highest BCUT2D eigenvalue weighted by atomic mass is 16.6. The predicted molar refractivity (Wildman–Crippen MR) is 41.5 cm³/mol. The highest BCUT2D eigenvalue weighted by Gasteiger charge is 2.37. The lowest BCUT2D eigenvalue weighted by molar-refractivity contribution is 0.0226. The lowest BCUT2D eigenvalue weighted by Crippen LogP contribution is -2.28. The third-order valence-electron chi connectivity index (χ3n) is 2.23. The normalized spacial score (nSPS) is 33.9. The van der Waals surface area contributed by atoms with Gasteiger partial charge in [-0.25, -0.2) is 0 Å². The summed E-state index contributed by atoms with van der Waals surface area (Å²) >= 11 is 0. The Hall–Kier alpha value is -0.0800. The second-order valence-corrected chi connectivity index (χ2v) is 3.22. The van der Waals surface area contributed by atoms with E-state index in [1.165, 1.54) is 6.42 Å². The monoisotopic (exact) mass is 143 g/mol. The van der Waals surface area contributed by atoms with Crippen molar-refractivity contribution in [3.05, 3.63) is 0 Å². The molecule has 0 saturated heterocycles. The Labute approximate surface area is 62.9 Å². The van der Waals surface area contributed by atoms with Gasteiger partial charge in [0.25, 0.3) is 0 Å². The van der Waals surface area contributed by atoms with Gasteiger partial charge in [0, 0.05) is 6.04 Å². The predicted octanol–water partition coefficient (Wildman–Crippen LogP) is 1.57. The van der Waals surface area contributed by atoms with Gasteiger partial charge >= 0.3 is 0 Å². The van der Waals surface area contributed by atoms with Gasteiger partial charge < -0.3 is 4.84 Å². The lowest BCUT2D eigenvalue weighted by Gasteiger charge is -2.11. The van der Waals surface area contributed by atoms with E-state index in [4.69, 9.17) is 4.84 Å². The SMILES string of the molecule is CCONC(C)C1CC1C. The zero-order chi connectivity index (χ0) is 7.56. The van der Waals surface area contributed by atoms with E-state index < -0.39 is 0 Å². The molecule has 2 heteroatoms. The van der Waals surface area contributed by atoms with Crippen LogP contribution >= 0.6 is 0 Å². The summed E-state index contributed by atoms with van der Waals surface area (Å²) < 4.78 is 0. The number of nitrogens with one attached hydrogen (secondary N) is 1. The fourth-order valence-corrected chi connectivity index (χ4v) is 1.35. The van der Waals surface area contributed by atoms with Crippen molar-refractivity contribution in [2.24, 2.45) is 11.8 Å². The molecule has 1 saturated carbocycles. The van der Waals surface area contributed by atoms with Gasteiger partial charge in [-0.2, -0.15) is 5.48 Å². The molecule has 0 aromatic heterocycles. The fraction of sp³-hybridized carbons (Fsp3) is 1.00. The van der Waals surface area contributed by atoms with E-state index in [0.29, 0.717) is 6.04 Å². The molecule has 3 atom stereocenters. The third kappa shape index (κ3) is 1.96. The Kier molecular flexibility index (Phi) is 2.69. The van der Waals surface area contributed by atoms with Gasteiger partial charge in [-0.1, -0.05) is 6.92 Å². The molecule has 0 radical (unpaired) electrons. The number of rotatable bonds is 4. The van der Waals surface area contributed by atoms with Crippen molar-refractivity contribution in [3.8, 4) is 0 Å². The Bertz CT molecular complexity index is 105. The van der Waals surface area contributed by atoms with Crippen molar-refractivity contribution in [1.29, 1.82) is 0 Å². The highest BCUT2D eigenvalue weighted by Crippen LogP contribution is 2.40. The number of hydroxylamine groups is 1. The Balaban J connectivity index is 2.04. The lowest BCUT2D eigenvalue weighted by atomic mass is 10.2. The molecule has 10 heavy (non-hydrogen) atoms. The molecular formula is C8H17NO. The van der Waals surface area contributed by atoms with Crippen molar-refractivity contribution in [2.75, 3.05) is 6.61 Å². The molecule has 2 nitrogen and oxygen atoms in total. The summed E-state index contributed by atoms with van der Waals surface area (Å²) in [5.41, 5.74) is 3.02. The summed E-state index contributed by atoms with van der Waals surface area (Å²) in [4.78, 5) is 5.09. The molecule has 3 unspecified atom stereocenters. The van der Waals surface area contributed by atoms with Crippen LogP contribution in [0, 0.1) is 11.8 Å². The minimum absolute atomic E-state index is 0.537. The van der Waals surface area contributed by atoms with Crippen LogP contribution in [-0.2, 0) is 4.84 Å². The third-order valence-corrected chi connectivity index (χ3v) is 2.23. The molecule has 0 aliphatic heterocycles. The first kappa shape index (κ1) is 8.02. The maximum Gasteiger partial charge on any atom is 0.0654 e. The van der Waals surface area contributed by atoms with E-state index in [2.05, 4.69) is 19.3 Å². The smallest absolute Gasteiger partial charge is 0.0654 e. The molecule has 1 aliphatic carbocycles. The number of hydrogen-bond donors (Lipinski definition) is 1. The van der Waals surface area contributed by atoms with Gasteiger partial charge in [0.2, 0.25) is 0 Å². The van der Waals surface area contributed by atoms with Crippen LogP contribution < -0.4 is 5.48 Å². The van der Waals surface area contributed by atoms with E-state index in [-0.39, 0.29) is 0 Å². The Morgan fingerprint density at radius 1 is 1.70 bits per heavy atom. The van der Waals surface area contributed by atoms with Gasteiger partial charge in [0.05, 0.1) is 6.61 Å². The fourth-order valence-electron chi connectivity index (χ4n) is 1.35. The molecular weight excluding hydrogens is 126 g/mol. The molecule has 0 aromatic rings. The first-order chi connectivity index (χ1) is 4.75. The first-order valence-electron chi connectivity index (χ1n) is 4.13. The topological polar surface area (TPSA) is 21.3 Å². The average molecular weight is 143 g/mol. The number of hydrogen-bond acceptors (Lipinski definition) is 2. The second-order valence-electron chi connectivity index (χ2n) is 3.22. The van der Waals surface area contributed by atoms with Gasteiger partial charge in [-0.15, -0.1) is 0 Å². The van der Waals surface area contributed by atoms with Crippen LogP contribution in [0.1, 0.15) is 27.2 Å². The van der Waals surface area contributed by atoms with E-state index in [0.717, 1.165) is 18.4 Å². The largest absolute Gasteiger partial charge is 0.302 e. The van der Waals surface area contributed by atoms with Crippen molar-refractivity contribution in [3.63, 3.8) is 0 Å². The summed E-state index contributed by atoms with van der Waals surface area (Å²) in [5, 5.41) is 0. The van der Waals surface area contributed by atoms with Gasteiger partial charge in [-0.3, -0.25) is 0 Å². The Morgan fingerprint density at radius 3 is 2.70 bits per heavy atom. The molecule has 0 aromatic carbocycles. The van der Waals surface area contributed by atoms with Crippen LogP contribution in [0.25, 0.3) is 0 Å². The molecule has 1 aliphatic rings. The van der Waals surface area contributed by atoms with Crippen LogP contribution in [0.15, 0.2) is 0 Å². The molecule has 0 amide bonds.